The Balaban J connectivity index is 2.31. The Labute approximate surface area is 123 Å². The van der Waals surface area contributed by atoms with E-state index in [1.54, 1.807) is 24.9 Å². The smallest absolute Gasteiger partial charge is 0.272 e. The molecule has 0 aliphatic rings. The van der Waals surface area contributed by atoms with Gasteiger partial charge in [0.1, 0.15) is 11.5 Å². The van der Waals surface area contributed by atoms with Crippen molar-refractivity contribution in [1.82, 2.24) is 9.88 Å². The van der Waals surface area contributed by atoms with Crippen molar-refractivity contribution in [3.05, 3.63) is 36.0 Å². The number of hydrazine groups is 1. The Morgan fingerprint density at radius 2 is 2.19 bits per heavy atom. The number of pyridine rings is 1. The molecular formula is C15H20N4O2. The van der Waals surface area contributed by atoms with Crippen LogP contribution in [0.3, 0.4) is 0 Å². The molecule has 0 saturated carbocycles. The Morgan fingerprint density at radius 3 is 2.86 bits per heavy atom. The summed E-state index contributed by atoms with van der Waals surface area (Å²) in [6.45, 7) is 2.17. The van der Waals surface area contributed by atoms with E-state index in [0.29, 0.717) is 24.5 Å². The van der Waals surface area contributed by atoms with Crippen molar-refractivity contribution in [2.45, 2.75) is 19.4 Å². The predicted molar refractivity (Wildman–Crippen MR) is 82.8 cm³/mol. The molecule has 0 aliphatic heterocycles. The van der Waals surface area contributed by atoms with Crippen LogP contribution in [0.25, 0.3) is 10.8 Å². The van der Waals surface area contributed by atoms with Crippen LogP contribution < -0.4 is 11.3 Å². The summed E-state index contributed by atoms with van der Waals surface area (Å²) in [6, 6.07) is 9.33. The molecule has 6 nitrogen and oxygen atoms in total. The van der Waals surface area contributed by atoms with Gasteiger partial charge in [0, 0.05) is 19.0 Å². The number of aliphatic hydroxyl groups excluding tert-OH is 1. The standard InChI is InChI=1S/C15H20N4O2/c1-10(20)7-8-19(2)15(21)13-9-11-5-3-4-6-12(11)14(17-13)18-16/h3-6,9-10,20H,7-8,16H2,1-2H3,(H,17,18). The maximum atomic E-state index is 12.4. The zero-order valence-corrected chi connectivity index (χ0v) is 12.2. The molecule has 1 amide bonds. The van der Waals surface area contributed by atoms with Crippen molar-refractivity contribution in [2.75, 3.05) is 19.0 Å². The highest BCUT2D eigenvalue weighted by atomic mass is 16.3. The highest BCUT2D eigenvalue weighted by Gasteiger charge is 2.16. The maximum Gasteiger partial charge on any atom is 0.272 e. The van der Waals surface area contributed by atoms with Crippen LogP contribution in [0.2, 0.25) is 0 Å². The van der Waals surface area contributed by atoms with Gasteiger partial charge in [-0.05, 0) is 24.8 Å². The second-order valence-electron chi connectivity index (χ2n) is 5.09. The lowest BCUT2D eigenvalue weighted by atomic mass is 10.1. The highest BCUT2D eigenvalue weighted by molar-refractivity contribution is 6.00. The number of amides is 1. The first kappa shape index (κ1) is 15.2. The van der Waals surface area contributed by atoms with E-state index in [0.717, 1.165) is 10.8 Å². The van der Waals surface area contributed by atoms with Gasteiger partial charge in [0.15, 0.2) is 0 Å². The summed E-state index contributed by atoms with van der Waals surface area (Å²) in [6.07, 6.45) is 0.0868. The summed E-state index contributed by atoms with van der Waals surface area (Å²) in [5.41, 5.74) is 2.86. The van der Waals surface area contributed by atoms with E-state index in [4.69, 9.17) is 5.84 Å². The fraction of sp³-hybridized carbons (Fsp3) is 0.333. The SMILES string of the molecule is CC(O)CCN(C)C(=O)c1cc2ccccc2c(NN)n1. The van der Waals surface area contributed by atoms with E-state index in [1.807, 2.05) is 24.3 Å². The second kappa shape index (κ2) is 6.51. The van der Waals surface area contributed by atoms with Gasteiger partial charge >= 0.3 is 0 Å². The molecule has 0 bridgehead atoms. The van der Waals surface area contributed by atoms with Crippen LogP contribution in [-0.4, -0.2) is 40.6 Å². The molecule has 2 rings (SSSR count). The van der Waals surface area contributed by atoms with Gasteiger partial charge in [-0.3, -0.25) is 4.79 Å². The number of nitrogens with one attached hydrogen (secondary N) is 1. The number of aliphatic hydroxyl groups is 1. The Bertz CT molecular complexity index is 643. The van der Waals surface area contributed by atoms with E-state index in [-0.39, 0.29) is 5.91 Å². The van der Waals surface area contributed by atoms with E-state index in [1.165, 1.54) is 0 Å². The molecule has 0 radical (unpaired) electrons. The van der Waals surface area contributed by atoms with Gasteiger partial charge in [-0.2, -0.15) is 0 Å². The molecule has 0 aliphatic carbocycles. The highest BCUT2D eigenvalue weighted by Crippen LogP contribution is 2.22. The minimum Gasteiger partial charge on any atom is -0.393 e. The number of nitrogens with zero attached hydrogens (tertiary/aromatic N) is 2. The summed E-state index contributed by atoms with van der Waals surface area (Å²) in [4.78, 5) is 18.2. The Hall–Kier alpha value is -2.18. The summed E-state index contributed by atoms with van der Waals surface area (Å²) < 4.78 is 0. The number of hydrogen-bond donors (Lipinski definition) is 3. The third kappa shape index (κ3) is 3.48. The lowest BCUT2D eigenvalue weighted by Gasteiger charge is -2.18. The summed E-state index contributed by atoms with van der Waals surface area (Å²) in [5.74, 6) is 5.77. The number of anilines is 1. The van der Waals surface area contributed by atoms with Crippen molar-refractivity contribution in [3.63, 3.8) is 0 Å². The zero-order valence-electron chi connectivity index (χ0n) is 12.2. The molecule has 1 unspecified atom stereocenters. The monoisotopic (exact) mass is 288 g/mol. The number of benzene rings is 1. The summed E-state index contributed by atoms with van der Waals surface area (Å²) >= 11 is 0. The van der Waals surface area contributed by atoms with Crippen molar-refractivity contribution in [3.8, 4) is 0 Å². The van der Waals surface area contributed by atoms with Gasteiger partial charge in [-0.15, -0.1) is 0 Å². The first-order chi connectivity index (χ1) is 10.0. The minimum absolute atomic E-state index is 0.196. The van der Waals surface area contributed by atoms with Gasteiger partial charge in [0.25, 0.3) is 5.91 Å². The molecule has 2 aromatic rings. The average Bonchev–Trinajstić information content (AvgIpc) is 2.50. The predicted octanol–water partition coefficient (Wildman–Crippen LogP) is 1.36. The van der Waals surface area contributed by atoms with Crippen LogP contribution in [0.15, 0.2) is 30.3 Å². The average molecular weight is 288 g/mol. The van der Waals surface area contributed by atoms with Crippen molar-refractivity contribution in [2.24, 2.45) is 5.84 Å². The Morgan fingerprint density at radius 1 is 1.48 bits per heavy atom. The van der Waals surface area contributed by atoms with Gasteiger partial charge in [-0.1, -0.05) is 24.3 Å². The van der Waals surface area contributed by atoms with Gasteiger partial charge < -0.3 is 15.4 Å². The van der Waals surface area contributed by atoms with E-state index < -0.39 is 6.10 Å². The van der Waals surface area contributed by atoms with E-state index in [9.17, 15) is 9.90 Å². The molecule has 1 aromatic carbocycles. The molecule has 1 aromatic heterocycles. The molecule has 1 heterocycles. The second-order valence-corrected chi connectivity index (χ2v) is 5.09. The van der Waals surface area contributed by atoms with Crippen molar-refractivity contribution in [1.29, 1.82) is 0 Å². The minimum atomic E-state index is -0.439. The topological polar surface area (TPSA) is 91.5 Å². The van der Waals surface area contributed by atoms with E-state index in [2.05, 4.69) is 10.4 Å². The molecular weight excluding hydrogens is 268 g/mol. The lowest BCUT2D eigenvalue weighted by molar-refractivity contribution is 0.0763. The van der Waals surface area contributed by atoms with Gasteiger partial charge in [0.2, 0.25) is 0 Å². The fourth-order valence-electron chi connectivity index (χ4n) is 2.10. The van der Waals surface area contributed by atoms with Crippen molar-refractivity contribution >= 4 is 22.5 Å². The molecule has 6 heteroatoms. The molecule has 4 N–H and O–H groups in total. The number of rotatable bonds is 5. The summed E-state index contributed by atoms with van der Waals surface area (Å²) in [7, 11) is 1.69. The number of carbonyl (C=O) groups excluding carboxylic acids is 1. The van der Waals surface area contributed by atoms with Gasteiger partial charge in [-0.25, -0.2) is 10.8 Å². The fourth-order valence-corrected chi connectivity index (χ4v) is 2.10. The van der Waals surface area contributed by atoms with Crippen LogP contribution in [0.1, 0.15) is 23.8 Å². The summed E-state index contributed by atoms with van der Waals surface area (Å²) in [5, 5.41) is 11.1. The van der Waals surface area contributed by atoms with Crippen LogP contribution in [0.4, 0.5) is 5.82 Å². The number of hydrogen-bond acceptors (Lipinski definition) is 5. The number of fused-ring (bicyclic) bond motifs is 1. The normalized spacial score (nSPS) is 12.2. The number of nitrogen functional groups attached to an aromatic ring is 1. The molecule has 21 heavy (non-hydrogen) atoms. The zero-order chi connectivity index (χ0) is 15.4. The first-order valence-corrected chi connectivity index (χ1v) is 6.83. The quantitative estimate of drug-likeness (QED) is 0.571. The van der Waals surface area contributed by atoms with Crippen LogP contribution in [-0.2, 0) is 0 Å². The Kier molecular flexibility index (Phi) is 4.72. The number of nitrogens with two attached hydrogens (primary N) is 1. The van der Waals surface area contributed by atoms with Crippen LogP contribution in [0.5, 0.6) is 0 Å². The molecule has 1 atom stereocenters. The number of carbonyl (C=O) groups is 1. The lowest BCUT2D eigenvalue weighted by Crippen LogP contribution is -2.30. The first-order valence-electron chi connectivity index (χ1n) is 6.83. The third-order valence-corrected chi connectivity index (χ3v) is 3.33. The van der Waals surface area contributed by atoms with Crippen LogP contribution in [0, 0.1) is 0 Å². The molecule has 0 saturated heterocycles. The van der Waals surface area contributed by atoms with Gasteiger partial charge in [0.05, 0.1) is 6.10 Å². The third-order valence-electron chi connectivity index (χ3n) is 3.33. The van der Waals surface area contributed by atoms with Crippen molar-refractivity contribution < 1.29 is 9.90 Å². The molecule has 112 valence electrons. The number of aromatic nitrogens is 1. The molecule has 0 fully saturated rings. The van der Waals surface area contributed by atoms with Crippen LogP contribution >= 0.6 is 0 Å². The molecule has 0 spiro atoms. The largest absolute Gasteiger partial charge is 0.393 e. The maximum absolute atomic E-state index is 12.4. The van der Waals surface area contributed by atoms with E-state index >= 15 is 0 Å².